The Morgan fingerprint density at radius 3 is 1.04 bits per heavy atom. The van der Waals surface area contributed by atoms with Crippen LogP contribution in [0.1, 0.15) is 373 Å². The molecule has 0 saturated heterocycles. The van der Waals surface area contributed by atoms with Gasteiger partial charge in [-0.1, -0.05) is 314 Å². The van der Waals surface area contributed by atoms with E-state index in [9.17, 15) is 19.8 Å². The Morgan fingerprint density at radius 1 is 0.368 bits per heavy atom. The molecule has 0 spiro atoms. The molecule has 0 radical (unpaired) electrons. The van der Waals surface area contributed by atoms with Crippen LogP contribution >= 0.6 is 0 Å². The summed E-state index contributed by atoms with van der Waals surface area (Å²) in [6, 6.07) is -0.548. The summed E-state index contributed by atoms with van der Waals surface area (Å²) in [6.45, 7) is 4.95. The minimum Gasteiger partial charge on any atom is -0.466 e. The van der Waals surface area contributed by atoms with Gasteiger partial charge in [0.05, 0.1) is 25.4 Å². The fraction of sp³-hybridized carbons (Fsp3) is 0.886. The van der Waals surface area contributed by atoms with Gasteiger partial charge in [0.1, 0.15) is 0 Å². The Labute approximate surface area is 474 Å². The normalized spacial score (nSPS) is 12.7. The average Bonchev–Trinajstić information content (AvgIpc) is 3.42. The molecule has 0 aliphatic carbocycles. The van der Waals surface area contributed by atoms with Gasteiger partial charge in [-0.25, -0.2) is 0 Å². The van der Waals surface area contributed by atoms with Crippen molar-refractivity contribution >= 4 is 11.9 Å². The Bertz CT molecular complexity index is 1230. The Morgan fingerprint density at radius 2 is 0.658 bits per heavy atom. The van der Waals surface area contributed by atoms with E-state index in [0.717, 1.165) is 51.4 Å². The maximum Gasteiger partial charge on any atom is 0.305 e. The lowest BCUT2D eigenvalue weighted by molar-refractivity contribution is -0.143. The molecule has 0 aliphatic heterocycles. The van der Waals surface area contributed by atoms with Crippen LogP contribution < -0.4 is 5.32 Å². The molecule has 6 nitrogen and oxygen atoms in total. The second-order valence-electron chi connectivity index (χ2n) is 23.5. The van der Waals surface area contributed by atoms with Crippen LogP contribution in [0.5, 0.6) is 0 Å². The van der Waals surface area contributed by atoms with Crippen molar-refractivity contribution in [2.45, 2.75) is 386 Å². The van der Waals surface area contributed by atoms with E-state index in [1.165, 1.54) is 289 Å². The van der Waals surface area contributed by atoms with E-state index in [0.29, 0.717) is 25.9 Å². The molecule has 2 unspecified atom stereocenters. The number of carbonyl (C=O) groups excluding carboxylic acids is 2. The van der Waals surface area contributed by atoms with Crippen LogP contribution in [0.2, 0.25) is 0 Å². The summed E-state index contributed by atoms with van der Waals surface area (Å²) < 4.78 is 5.46. The highest BCUT2D eigenvalue weighted by molar-refractivity contribution is 5.76. The zero-order valence-electron chi connectivity index (χ0n) is 51.3. The summed E-state index contributed by atoms with van der Waals surface area (Å²) in [7, 11) is 0. The number of hydrogen-bond donors (Lipinski definition) is 3. The largest absolute Gasteiger partial charge is 0.466 e. The third kappa shape index (κ3) is 61.3. The van der Waals surface area contributed by atoms with Gasteiger partial charge in [0.15, 0.2) is 0 Å². The van der Waals surface area contributed by atoms with Crippen molar-refractivity contribution in [3.05, 3.63) is 36.5 Å². The fourth-order valence-electron chi connectivity index (χ4n) is 10.7. The molecular weight excluding hydrogens is 935 g/mol. The number of hydrogen-bond acceptors (Lipinski definition) is 5. The predicted molar refractivity (Wildman–Crippen MR) is 333 cm³/mol. The fourth-order valence-corrected chi connectivity index (χ4v) is 10.7. The number of aliphatic hydroxyl groups excluding tert-OH is 2. The van der Waals surface area contributed by atoms with Crippen LogP contribution in [-0.2, 0) is 14.3 Å². The van der Waals surface area contributed by atoms with Crippen molar-refractivity contribution in [2.75, 3.05) is 13.2 Å². The first-order valence-corrected chi connectivity index (χ1v) is 34.2. The van der Waals surface area contributed by atoms with Crippen molar-refractivity contribution in [2.24, 2.45) is 0 Å². The van der Waals surface area contributed by atoms with Crippen LogP contribution in [0.15, 0.2) is 36.5 Å². The molecule has 0 heterocycles. The van der Waals surface area contributed by atoms with Gasteiger partial charge in [0.2, 0.25) is 5.91 Å². The summed E-state index contributed by atoms with van der Waals surface area (Å²) in [5.41, 5.74) is 0. The van der Waals surface area contributed by atoms with E-state index >= 15 is 0 Å². The SMILES string of the molecule is CCCCC/C=C\CCCCCCCC(=O)OCCCCCCCCCCC/C=C\C/C=C\CCCCCCCCCCCC(=O)NC(CO)C(O)CCCCCCCCCCCCCCCCCCCCCCCC. The van der Waals surface area contributed by atoms with E-state index in [1.807, 2.05) is 0 Å². The van der Waals surface area contributed by atoms with Crippen LogP contribution in [0.4, 0.5) is 0 Å². The lowest BCUT2D eigenvalue weighted by atomic mass is 10.0. The average molecular weight is 1070 g/mol. The lowest BCUT2D eigenvalue weighted by Crippen LogP contribution is -2.45. The molecule has 0 aliphatic rings. The molecule has 0 bridgehead atoms. The number of esters is 1. The monoisotopic (exact) mass is 1070 g/mol. The van der Waals surface area contributed by atoms with Gasteiger partial charge >= 0.3 is 5.97 Å². The van der Waals surface area contributed by atoms with E-state index in [4.69, 9.17) is 4.74 Å². The molecule has 448 valence electrons. The van der Waals surface area contributed by atoms with Gasteiger partial charge in [-0.05, 0) is 83.5 Å². The zero-order valence-corrected chi connectivity index (χ0v) is 51.3. The molecule has 0 rings (SSSR count). The second kappa shape index (κ2) is 65.6. The second-order valence-corrected chi connectivity index (χ2v) is 23.5. The summed E-state index contributed by atoms with van der Waals surface area (Å²) in [5.74, 6) is -0.0382. The van der Waals surface area contributed by atoms with Gasteiger partial charge in [0, 0.05) is 12.8 Å². The Hall–Kier alpha value is -1.92. The van der Waals surface area contributed by atoms with Crippen LogP contribution in [0.25, 0.3) is 0 Å². The Balaban J connectivity index is 3.44. The summed E-state index contributed by atoms with van der Waals surface area (Å²) in [6.07, 6.45) is 83.2. The summed E-state index contributed by atoms with van der Waals surface area (Å²) in [4.78, 5) is 24.6. The maximum atomic E-state index is 12.5. The number of unbranched alkanes of at least 4 members (excludes halogenated alkanes) is 47. The summed E-state index contributed by atoms with van der Waals surface area (Å²) in [5, 5.41) is 23.4. The molecule has 0 aromatic rings. The highest BCUT2D eigenvalue weighted by atomic mass is 16.5. The van der Waals surface area contributed by atoms with E-state index in [-0.39, 0.29) is 18.5 Å². The van der Waals surface area contributed by atoms with Gasteiger partial charge in [-0.2, -0.15) is 0 Å². The first kappa shape index (κ1) is 74.1. The minimum atomic E-state index is -0.670. The molecule has 2 atom stereocenters. The van der Waals surface area contributed by atoms with Crippen LogP contribution in [0, 0.1) is 0 Å². The zero-order chi connectivity index (χ0) is 55.0. The molecule has 0 aromatic carbocycles. The third-order valence-electron chi connectivity index (χ3n) is 15.9. The minimum absolute atomic E-state index is 0.000735. The van der Waals surface area contributed by atoms with Crippen LogP contribution in [-0.4, -0.2) is 47.4 Å². The van der Waals surface area contributed by atoms with E-state index < -0.39 is 12.1 Å². The first-order valence-electron chi connectivity index (χ1n) is 34.2. The van der Waals surface area contributed by atoms with Crippen molar-refractivity contribution in [3.63, 3.8) is 0 Å². The van der Waals surface area contributed by atoms with Gasteiger partial charge in [-0.3, -0.25) is 9.59 Å². The predicted octanol–water partition coefficient (Wildman–Crippen LogP) is 21.9. The highest BCUT2D eigenvalue weighted by Crippen LogP contribution is 2.18. The molecule has 1 amide bonds. The van der Waals surface area contributed by atoms with Crippen LogP contribution in [0.3, 0.4) is 0 Å². The highest BCUT2D eigenvalue weighted by Gasteiger charge is 2.20. The molecule has 76 heavy (non-hydrogen) atoms. The van der Waals surface area contributed by atoms with Gasteiger partial charge < -0.3 is 20.3 Å². The number of amides is 1. The smallest absolute Gasteiger partial charge is 0.305 e. The van der Waals surface area contributed by atoms with Crippen molar-refractivity contribution in [3.8, 4) is 0 Å². The Kier molecular flexibility index (Phi) is 63.9. The van der Waals surface area contributed by atoms with Gasteiger partial charge in [0.25, 0.3) is 0 Å². The lowest BCUT2D eigenvalue weighted by Gasteiger charge is -2.22. The molecule has 0 fully saturated rings. The van der Waals surface area contributed by atoms with E-state index in [2.05, 4.69) is 55.6 Å². The van der Waals surface area contributed by atoms with Gasteiger partial charge in [-0.15, -0.1) is 0 Å². The van der Waals surface area contributed by atoms with Crippen molar-refractivity contribution < 1.29 is 24.5 Å². The summed E-state index contributed by atoms with van der Waals surface area (Å²) >= 11 is 0. The number of rotatable bonds is 64. The molecule has 6 heteroatoms. The molecule has 0 saturated carbocycles. The number of aliphatic hydroxyl groups is 2. The third-order valence-corrected chi connectivity index (χ3v) is 15.9. The molecule has 3 N–H and O–H groups in total. The quantitative estimate of drug-likeness (QED) is 0.0320. The number of allylic oxidation sites excluding steroid dienone is 6. The topological polar surface area (TPSA) is 95.9 Å². The van der Waals surface area contributed by atoms with Crippen molar-refractivity contribution in [1.82, 2.24) is 5.32 Å². The first-order chi connectivity index (χ1) is 37.5. The number of ether oxygens (including phenoxy) is 1. The number of nitrogens with one attached hydrogen (secondary N) is 1. The molecular formula is C70H133NO5. The number of carbonyl (C=O) groups is 2. The molecule has 0 aromatic heterocycles. The maximum absolute atomic E-state index is 12.5. The van der Waals surface area contributed by atoms with E-state index in [1.54, 1.807) is 0 Å². The standard InChI is InChI=1S/C70H133NO5/c1-3-5-7-9-11-13-15-17-18-19-20-21-27-30-33-36-39-42-46-50-54-58-62-68(73)67(66-72)71-69(74)63-59-55-51-47-43-40-37-34-31-28-25-23-22-24-26-29-32-35-38-41-45-49-53-57-61-65-76-70(75)64-60-56-52-48-44-16-14-12-10-8-6-4-2/h12,14,23-26,67-68,72-73H,3-11,13,15-22,27-66H2,1-2H3,(H,71,74)/b14-12-,25-23-,26-24-. The van der Waals surface area contributed by atoms with Crippen molar-refractivity contribution in [1.29, 1.82) is 0 Å².